The summed E-state index contributed by atoms with van der Waals surface area (Å²) in [7, 11) is 0. The molecular formula is C26H23N2O. The van der Waals surface area contributed by atoms with Crippen molar-refractivity contribution >= 4 is 23.0 Å². The summed E-state index contributed by atoms with van der Waals surface area (Å²) in [5, 5.41) is 4.84. The van der Waals surface area contributed by atoms with Crippen LogP contribution >= 0.6 is 0 Å². The van der Waals surface area contributed by atoms with E-state index in [1.807, 2.05) is 66.7 Å². The SMILES string of the molecule is O=C(CCCCC1=NC(c2ccccc2)=C(c2ccccc2)[N]1)c1ccccc1. The normalized spacial score (nSPS) is 13.2. The lowest BCUT2D eigenvalue weighted by Gasteiger charge is -2.06. The summed E-state index contributed by atoms with van der Waals surface area (Å²) < 4.78 is 0. The molecule has 0 atom stereocenters. The average molecular weight is 379 g/mol. The highest BCUT2D eigenvalue weighted by Crippen LogP contribution is 2.31. The summed E-state index contributed by atoms with van der Waals surface area (Å²) in [6, 6.07) is 29.9. The first-order valence-electron chi connectivity index (χ1n) is 10.0. The fraction of sp³-hybridized carbons (Fsp3) is 0.154. The van der Waals surface area contributed by atoms with E-state index >= 15 is 0 Å². The molecule has 29 heavy (non-hydrogen) atoms. The molecule has 1 aliphatic rings. The van der Waals surface area contributed by atoms with Gasteiger partial charge in [-0.1, -0.05) is 91.0 Å². The van der Waals surface area contributed by atoms with Gasteiger partial charge < -0.3 is 0 Å². The third-order valence-corrected chi connectivity index (χ3v) is 4.95. The van der Waals surface area contributed by atoms with Crippen LogP contribution in [0.15, 0.2) is 96.0 Å². The number of ketones is 1. The first-order chi connectivity index (χ1) is 14.3. The van der Waals surface area contributed by atoms with Gasteiger partial charge in [0.05, 0.1) is 11.4 Å². The van der Waals surface area contributed by atoms with Gasteiger partial charge in [0.2, 0.25) is 0 Å². The average Bonchev–Trinajstić information content (AvgIpc) is 3.23. The molecule has 3 heteroatoms. The van der Waals surface area contributed by atoms with Crippen LogP contribution in [0.5, 0.6) is 0 Å². The zero-order valence-electron chi connectivity index (χ0n) is 16.3. The van der Waals surface area contributed by atoms with E-state index in [1.54, 1.807) is 0 Å². The van der Waals surface area contributed by atoms with Gasteiger partial charge in [0.1, 0.15) is 5.84 Å². The molecule has 1 aliphatic heterocycles. The molecule has 1 heterocycles. The Morgan fingerprint density at radius 2 is 1.21 bits per heavy atom. The molecule has 3 aromatic carbocycles. The maximum Gasteiger partial charge on any atom is 0.162 e. The van der Waals surface area contributed by atoms with Gasteiger partial charge in [-0.25, -0.2) is 10.3 Å². The second kappa shape index (κ2) is 9.16. The molecule has 0 N–H and O–H groups in total. The minimum atomic E-state index is 0.198. The number of carbonyl (C=O) groups is 1. The standard InChI is InChI=1S/C26H23N2O/c29-23(20-12-4-1-5-13-20)18-10-11-19-24-27-25(21-14-6-2-7-15-21)26(28-24)22-16-8-3-9-17-22/h1-9,12-17H,10-11,18-19H2. The second-order valence-corrected chi connectivity index (χ2v) is 7.07. The van der Waals surface area contributed by atoms with Gasteiger partial charge in [-0.05, 0) is 12.8 Å². The van der Waals surface area contributed by atoms with Crippen molar-refractivity contribution in [3.63, 3.8) is 0 Å². The van der Waals surface area contributed by atoms with E-state index in [0.29, 0.717) is 6.42 Å². The monoisotopic (exact) mass is 379 g/mol. The zero-order valence-corrected chi connectivity index (χ0v) is 16.3. The van der Waals surface area contributed by atoms with Crippen molar-refractivity contribution in [3.8, 4) is 0 Å². The first kappa shape index (κ1) is 18.9. The van der Waals surface area contributed by atoms with E-state index in [1.165, 1.54) is 0 Å². The van der Waals surface area contributed by atoms with Crippen LogP contribution in [0.3, 0.4) is 0 Å². The van der Waals surface area contributed by atoms with Crippen LogP contribution in [-0.2, 0) is 0 Å². The number of carbonyl (C=O) groups excluding carboxylic acids is 1. The molecule has 4 rings (SSSR count). The number of amidine groups is 1. The van der Waals surface area contributed by atoms with E-state index < -0.39 is 0 Å². The summed E-state index contributed by atoms with van der Waals surface area (Å²) in [5.41, 5.74) is 4.78. The van der Waals surface area contributed by atoms with Crippen molar-refractivity contribution in [1.29, 1.82) is 0 Å². The summed E-state index contributed by atoms with van der Waals surface area (Å²) in [6.45, 7) is 0. The molecular weight excluding hydrogens is 356 g/mol. The largest absolute Gasteiger partial charge is 0.294 e. The highest BCUT2D eigenvalue weighted by atomic mass is 16.1. The number of hydrogen-bond donors (Lipinski definition) is 0. The van der Waals surface area contributed by atoms with E-state index in [9.17, 15) is 4.79 Å². The van der Waals surface area contributed by atoms with Crippen LogP contribution in [0.4, 0.5) is 0 Å². The smallest absolute Gasteiger partial charge is 0.162 e. The molecule has 0 bridgehead atoms. The molecule has 0 aromatic heterocycles. The molecule has 0 saturated carbocycles. The Labute approximate surface area is 171 Å². The summed E-state index contributed by atoms with van der Waals surface area (Å²) in [4.78, 5) is 17.1. The van der Waals surface area contributed by atoms with Crippen LogP contribution in [-0.4, -0.2) is 11.6 Å². The predicted octanol–water partition coefficient (Wildman–Crippen LogP) is 5.97. The summed E-state index contributed by atoms with van der Waals surface area (Å²) >= 11 is 0. The van der Waals surface area contributed by atoms with Gasteiger partial charge in [-0.15, -0.1) is 0 Å². The fourth-order valence-electron chi connectivity index (χ4n) is 3.43. The lowest BCUT2D eigenvalue weighted by atomic mass is 10.0. The number of unbranched alkanes of at least 4 members (excludes halogenated alkanes) is 1. The molecule has 0 fully saturated rings. The number of benzene rings is 3. The van der Waals surface area contributed by atoms with Crippen molar-refractivity contribution in [1.82, 2.24) is 5.32 Å². The Hall–Kier alpha value is -3.46. The maximum atomic E-state index is 12.3. The quantitative estimate of drug-likeness (QED) is 0.351. The van der Waals surface area contributed by atoms with Crippen LogP contribution in [0.25, 0.3) is 11.4 Å². The minimum Gasteiger partial charge on any atom is -0.294 e. The highest BCUT2D eigenvalue weighted by molar-refractivity contribution is 6.07. The zero-order chi connectivity index (χ0) is 19.9. The fourth-order valence-corrected chi connectivity index (χ4v) is 3.43. The molecule has 0 aliphatic carbocycles. The highest BCUT2D eigenvalue weighted by Gasteiger charge is 2.21. The lowest BCUT2D eigenvalue weighted by Crippen LogP contribution is -2.10. The van der Waals surface area contributed by atoms with Crippen LogP contribution in [0.2, 0.25) is 0 Å². The van der Waals surface area contributed by atoms with Gasteiger partial charge in [-0.2, -0.15) is 0 Å². The molecule has 143 valence electrons. The molecule has 1 radical (unpaired) electrons. The number of aliphatic imine (C=N–C) groups is 1. The van der Waals surface area contributed by atoms with Gasteiger partial charge in [-0.3, -0.25) is 4.79 Å². The topological polar surface area (TPSA) is 43.5 Å². The second-order valence-electron chi connectivity index (χ2n) is 7.07. The van der Waals surface area contributed by atoms with Crippen molar-refractivity contribution in [3.05, 3.63) is 108 Å². The predicted molar refractivity (Wildman–Crippen MR) is 119 cm³/mol. The van der Waals surface area contributed by atoms with Gasteiger partial charge in [0.25, 0.3) is 0 Å². The Balaban J connectivity index is 1.40. The Bertz CT molecular complexity index is 1020. The molecule has 3 aromatic rings. The summed E-state index contributed by atoms with van der Waals surface area (Å²) in [5.74, 6) is 1.04. The van der Waals surface area contributed by atoms with Crippen molar-refractivity contribution in [2.24, 2.45) is 4.99 Å². The first-order valence-corrected chi connectivity index (χ1v) is 10.0. The molecule has 0 amide bonds. The van der Waals surface area contributed by atoms with Crippen molar-refractivity contribution in [2.75, 3.05) is 0 Å². The third-order valence-electron chi connectivity index (χ3n) is 4.95. The van der Waals surface area contributed by atoms with E-state index in [2.05, 4.69) is 24.3 Å². The third kappa shape index (κ3) is 4.69. The Kier molecular flexibility index (Phi) is 5.96. The Morgan fingerprint density at radius 1 is 0.655 bits per heavy atom. The van der Waals surface area contributed by atoms with Gasteiger partial charge in [0, 0.05) is 29.5 Å². The molecule has 0 saturated heterocycles. The molecule has 0 unspecified atom stereocenters. The maximum absolute atomic E-state index is 12.3. The number of Topliss-reactive ketones (excluding diaryl/α,β-unsaturated/α-hetero) is 1. The van der Waals surface area contributed by atoms with E-state index in [0.717, 1.165) is 53.2 Å². The van der Waals surface area contributed by atoms with Crippen LogP contribution in [0.1, 0.15) is 47.2 Å². The number of hydrogen-bond acceptors (Lipinski definition) is 2. The lowest BCUT2D eigenvalue weighted by molar-refractivity contribution is 0.0979. The van der Waals surface area contributed by atoms with Gasteiger partial charge >= 0.3 is 0 Å². The summed E-state index contributed by atoms with van der Waals surface area (Å²) in [6.07, 6.45) is 3.06. The molecule has 3 nitrogen and oxygen atoms in total. The Morgan fingerprint density at radius 3 is 1.83 bits per heavy atom. The van der Waals surface area contributed by atoms with E-state index in [4.69, 9.17) is 10.3 Å². The number of rotatable bonds is 8. The van der Waals surface area contributed by atoms with E-state index in [-0.39, 0.29) is 5.78 Å². The minimum absolute atomic E-state index is 0.198. The van der Waals surface area contributed by atoms with Crippen LogP contribution < -0.4 is 5.32 Å². The van der Waals surface area contributed by atoms with Crippen molar-refractivity contribution in [2.45, 2.75) is 25.7 Å². The molecule has 0 spiro atoms. The van der Waals surface area contributed by atoms with Gasteiger partial charge in [0.15, 0.2) is 5.78 Å². The van der Waals surface area contributed by atoms with Crippen molar-refractivity contribution < 1.29 is 4.79 Å². The van der Waals surface area contributed by atoms with Crippen LogP contribution in [0, 0.1) is 0 Å². The number of nitrogens with zero attached hydrogens (tertiary/aromatic N) is 2.